The van der Waals surface area contributed by atoms with Crippen molar-refractivity contribution in [2.24, 2.45) is 0 Å². The fourth-order valence-electron chi connectivity index (χ4n) is 2.53. The molecule has 1 aliphatic rings. The molecule has 1 saturated heterocycles. The van der Waals surface area contributed by atoms with Gasteiger partial charge in [0.25, 0.3) is 0 Å². The van der Waals surface area contributed by atoms with Crippen molar-refractivity contribution in [1.29, 1.82) is 0 Å². The standard InChI is InChI=1S/C12H21NO6S/c1-3-12(11(15)16)7-5-8-13(12)20(17,18)9-6-10(14)19-4-2/h3-9H2,1-2H3,(H,15,16). The average molecular weight is 307 g/mol. The van der Waals surface area contributed by atoms with Gasteiger partial charge in [-0.2, -0.15) is 4.31 Å². The number of carbonyl (C=O) groups is 2. The lowest BCUT2D eigenvalue weighted by atomic mass is 9.95. The molecular formula is C12H21NO6S. The molecule has 1 atom stereocenters. The van der Waals surface area contributed by atoms with E-state index in [1.807, 2.05) is 0 Å². The van der Waals surface area contributed by atoms with E-state index in [0.717, 1.165) is 4.31 Å². The fourth-order valence-corrected chi connectivity index (χ4v) is 4.42. The highest BCUT2D eigenvalue weighted by molar-refractivity contribution is 7.89. The number of aliphatic carboxylic acids is 1. The predicted octanol–water partition coefficient (Wildman–Crippen LogP) is 0.599. The minimum Gasteiger partial charge on any atom is -0.480 e. The van der Waals surface area contributed by atoms with Crippen molar-refractivity contribution in [2.75, 3.05) is 18.9 Å². The highest BCUT2D eigenvalue weighted by atomic mass is 32.2. The van der Waals surface area contributed by atoms with Crippen LogP contribution in [0.4, 0.5) is 0 Å². The molecule has 0 aliphatic carbocycles. The van der Waals surface area contributed by atoms with E-state index >= 15 is 0 Å². The highest BCUT2D eigenvalue weighted by Gasteiger charge is 2.51. The number of hydrogen-bond acceptors (Lipinski definition) is 5. The van der Waals surface area contributed by atoms with Crippen LogP contribution in [0.2, 0.25) is 0 Å². The Morgan fingerprint density at radius 1 is 1.35 bits per heavy atom. The molecule has 1 fully saturated rings. The summed E-state index contributed by atoms with van der Waals surface area (Å²) in [5.74, 6) is -2.13. The molecule has 0 amide bonds. The van der Waals surface area contributed by atoms with E-state index in [9.17, 15) is 23.1 Å². The Bertz CT molecular complexity index is 474. The Morgan fingerprint density at radius 3 is 2.50 bits per heavy atom. The number of hydrogen-bond donors (Lipinski definition) is 1. The van der Waals surface area contributed by atoms with Gasteiger partial charge in [0.15, 0.2) is 0 Å². The van der Waals surface area contributed by atoms with Gasteiger partial charge in [0.1, 0.15) is 5.54 Å². The average Bonchev–Trinajstić information content (AvgIpc) is 2.83. The molecular weight excluding hydrogens is 286 g/mol. The van der Waals surface area contributed by atoms with Gasteiger partial charge in [-0.15, -0.1) is 0 Å². The van der Waals surface area contributed by atoms with Crippen molar-refractivity contribution in [3.63, 3.8) is 0 Å². The number of esters is 1. The van der Waals surface area contributed by atoms with Crippen LogP contribution in [-0.4, -0.2) is 54.2 Å². The minimum absolute atomic E-state index is 0.186. The quantitative estimate of drug-likeness (QED) is 0.691. The lowest BCUT2D eigenvalue weighted by Crippen LogP contribution is -2.53. The second kappa shape index (κ2) is 6.53. The summed E-state index contributed by atoms with van der Waals surface area (Å²) in [6.07, 6.45) is 0.767. The SMILES string of the molecule is CCOC(=O)CCS(=O)(=O)N1CCCC1(CC)C(=O)O. The van der Waals surface area contributed by atoms with Crippen LogP contribution in [0.25, 0.3) is 0 Å². The minimum atomic E-state index is -3.79. The van der Waals surface area contributed by atoms with E-state index in [1.165, 1.54) is 0 Å². The molecule has 7 nitrogen and oxygen atoms in total. The maximum atomic E-state index is 12.3. The first kappa shape index (κ1) is 16.9. The summed E-state index contributed by atoms with van der Waals surface area (Å²) in [5, 5.41) is 9.36. The molecule has 20 heavy (non-hydrogen) atoms. The van der Waals surface area contributed by atoms with Gasteiger partial charge < -0.3 is 9.84 Å². The van der Waals surface area contributed by atoms with Crippen molar-refractivity contribution in [2.45, 2.75) is 45.1 Å². The van der Waals surface area contributed by atoms with Gasteiger partial charge in [0.2, 0.25) is 10.0 Å². The van der Waals surface area contributed by atoms with Crippen LogP contribution < -0.4 is 0 Å². The number of nitrogens with zero attached hydrogens (tertiary/aromatic N) is 1. The van der Waals surface area contributed by atoms with E-state index in [2.05, 4.69) is 4.74 Å². The van der Waals surface area contributed by atoms with Crippen LogP contribution in [0.15, 0.2) is 0 Å². The summed E-state index contributed by atoms with van der Waals surface area (Å²) in [6, 6.07) is 0. The van der Waals surface area contributed by atoms with Gasteiger partial charge in [-0.25, -0.2) is 8.42 Å². The van der Waals surface area contributed by atoms with Gasteiger partial charge in [0, 0.05) is 6.54 Å². The number of ether oxygens (including phenoxy) is 1. The third kappa shape index (κ3) is 3.29. The molecule has 0 saturated carbocycles. The number of rotatable bonds is 7. The summed E-state index contributed by atoms with van der Waals surface area (Å²) >= 11 is 0. The Hall–Kier alpha value is -1.15. The zero-order valence-corrected chi connectivity index (χ0v) is 12.6. The molecule has 0 aromatic carbocycles. The second-order valence-corrected chi connectivity index (χ2v) is 6.75. The number of carboxylic acids is 1. The summed E-state index contributed by atoms with van der Waals surface area (Å²) < 4.78 is 30.3. The van der Waals surface area contributed by atoms with Crippen molar-refractivity contribution in [3.05, 3.63) is 0 Å². The van der Waals surface area contributed by atoms with Gasteiger partial charge in [-0.3, -0.25) is 9.59 Å². The van der Waals surface area contributed by atoms with E-state index in [1.54, 1.807) is 13.8 Å². The molecule has 0 aromatic heterocycles. The van der Waals surface area contributed by atoms with Crippen LogP contribution in [0, 0.1) is 0 Å². The monoisotopic (exact) mass is 307 g/mol. The van der Waals surface area contributed by atoms with E-state index in [4.69, 9.17) is 0 Å². The fraction of sp³-hybridized carbons (Fsp3) is 0.833. The summed E-state index contributed by atoms with van der Waals surface area (Å²) in [5.41, 5.74) is -1.37. The summed E-state index contributed by atoms with van der Waals surface area (Å²) in [6.45, 7) is 3.68. The third-order valence-corrected chi connectivity index (χ3v) is 5.54. The number of carboxylic acid groups (broad SMARTS) is 1. The largest absolute Gasteiger partial charge is 0.480 e. The maximum absolute atomic E-state index is 12.3. The second-order valence-electron chi connectivity index (χ2n) is 4.74. The van der Waals surface area contributed by atoms with E-state index in [0.29, 0.717) is 12.8 Å². The Morgan fingerprint density at radius 2 is 2.00 bits per heavy atom. The van der Waals surface area contributed by atoms with Crippen LogP contribution in [0.5, 0.6) is 0 Å². The van der Waals surface area contributed by atoms with E-state index < -0.39 is 33.3 Å². The Kier molecular flexibility index (Phi) is 5.52. The van der Waals surface area contributed by atoms with Gasteiger partial charge >= 0.3 is 11.9 Å². The lowest BCUT2D eigenvalue weighted by Gasteiger charge is -2.32. The van der Waals surface area contributed by atoms with E-state index in [-0.39, 0.29) is 26.0 Å². The Labute approximate surface area is 118 Å². The van der Waals surface area contributed by atoms with Crippen LogP contribution in [-0.2, 0) is 24.3 Å². The number of sulfonamides is 1. The molecule has 0 aromatic rings. The van der Waals surface area contributed by atoms with Crippen molar-refractivity contribution in [3.8, 4) is 0 Å². The third-order valence-electron chi connectivity index (χ3n) is 3.62. The number of carbonyl (C=O) groups excluding carboxylic acids is 1. The van der Waals surface area contributed by atoms with Crippen LogP contribution >= 0.6 is 0 Å². The lowest BCUT2D eigenvalue weighted by molar-refractivity contribution is -0.147. The molecule has 0 radical (unpaired) electrons. The van der Waals surface area contributed by atoms with Gasteiger partial charge in [-0.1, -0.05) is 6.92 Å². The van der Waals surface area contributed by atoms with Crippen LogP contribution in [0.3, 0.4) is 0 Å². The molecule has 1 N–H and O–H groups in total. The molecule has 1 heterocycles. The molecule has 1 rings (SSSR count). The smallest absolute Gasteiger partial charge is 0.325 e. The zero-order valence-electron chi connectivity index (χ0n) is 11.8. The van der Waals surface area contributed by atoms with Crippen molar-refractivity contribution in [1.82, 2.24) is 4.31 Å². The maximum Gasteiger partial charge on any atom is 0.325 e. The first-order chi connectivity index (χ1) is 9.30. The van der Waals surface area contributed by atoms with Gasteiger partial charge in [0.05, 0.1) is 18.8 Å². The first-order valence-electron chi connectivity index (χ1n) is 6.69. The van der Waals surface area contributed by atoms with Crippen molar-refractivity contribution >= 4 is 22.0 Å². The topological polar surface area (TPSA) is 101 Å². The molecule has 1 unspecified atom stereocenters. The summed E-state index contributed by atoms with van der Waals surface area (Å²) in [4.78, 5) is 22.7. The zero-order chi connectivity index (χ0) is 15.4. The molecule has 0 spiro atoms. The normalized spacial score (nSPS) is 23.7. The molecule has 0 bridgehead atoms. The molecule has 116 valence electrons. The summed E-state index contributed by atoms with van der Waals surface area (Å²) in [7, 11) is -3.79. The van der Waals surface area contributed by atoms with Crippen LogP contribution in [0.1, 0.15) is 39.5 Å². The predicted molar refractivity (Wildman–Crippen MR) is 71.6 cm³/mol. The molecule has 8 heteroatoms. The van der Waals surface area contributed by atoms with Gasteiger partial charge in [-0.05, 0) is 26.2 Å². The first-order valence-corrected chi connectivity index (χ1v) is 8.30. The Balaban J connectivity index is 2.86. The highest BCUT2D eigenvalue weighted by Crippen LogP contribution is 2.35. The molecule has 1 aliphatic heterocycles. The van der Waals surface area contributed by atoms with Crippen molar-refractivity contribution < 1.29 is 27.9 Å².